The van der Waals surface area contributed by atoms with Crippen molar-refractivity contribution in [3.63, 3.8) is 0 Å². The van der Waals surface area contributed by atoms with Gasteiger partial charge in [-0.05, 0) is 49.9 Å². The smallest absolute Gasteiger partial charge is 0.240 e. The molecule has 21 heavy (non-hydrogen) atoms. The lowest BCUT2D eigenvalue weighted by Gasteiger charge is -2.12. The Hall–Kier alpha value is -1.11. The van der Waals surface area contributed by atoms with Crippen molar-refractivity contribution in [3.05, 3.63) is 23.3 Å². The molecule has 0 radical (unpaired) electrons. The van der Waals surface area contributed by atoms with E-state index >= 15 is 0 Å². The molecule has 1 rings (SSSR count). The third-order valence-corrected chi connectivity index (χ3v) is 4.82. The molecule has 0 saturated heterocycles. The van der Waals surface area contributed by atoms with E-state index in [1.54, 1.807) is 19.1 Å². The summed E-state index contributed by atoms with van der Waals surface area (Å²) in [6.45, 7) is 7.32. The van der Waals surface area contributed by atoms with Gasteiger partial charge in [0.05, 0.1) is 4.90 Å². The van der Waals surface area contributed by atoms with Crippen LogP contribution in [0.4, 0.5) is 5.69 Å². The van der Waals surface area contributed by atoms with Gasteiger partial charge in [0.2, 0.25) is 10.0 Å². The van der Waals surface area contributed by atoms with Crippen LogP contribution in [0.5, 0.6) is 0 Å². The summed E-state index contributed by atoms with van der Waals surface area (Å²) in [5.41, 5.74) is 7.75. The molecule has 0 atom stereocenters. The summed E-state index contributed by atoms with van der Waals surface area (Å²) in [5, 5.41) is 0. The second-order valence-electron chi connectivity index (χ2n) is 5.19. The zero-order valence-electron chi connectivity index (χ0n) is 13.1. The normalized spacial score (nSPS) is 11.8. The lowest BCUT2D eigenvalue weighted by molar-refractivity contribution is 0.130. The maximum Gasteiger partial charge on any atom is 0.240 e. The van der Waals surface area contributed by atoms with Crippen molar-refractivity contribution in [2.75, 3.05) is 25.5 Å². The minimum Gasteiger partial charge on any atom is -0.398 e. The largest absolute Gasteiger partial charge is 0.398 e. The molecule has 0 spiro atoms. The molecule has 6 heteroatoms. The second kappa shape index (κ2) is 8.36. The first-order valence-corrected chi connectivity index (χ1v) is 8.81. The lowest BCUT2D eigenvalue weighted by Crippen LogP contribution is -2.26. The van der Waals surface area contributed by atoms with Gasteiger partial charge in [0, 0.05) is 25.4 Å². The molecule has 120 valence electrons. The minimum atomic E-state index is -3.52. The number of sulfonamides is 1. The number of nitrogen functional groups attached to an aromatic ring is 1. The standard InChI is InChI=1S/C15H26N2O3S/c1-4-5-8-20-9-6-7-17-21(18,19)15-11-12(2)10-14(16)13(15)3/h10-11,17H,4-9,16H2,1-3H3. The summed E-state index contributed by atoms with van der Waals surface area (Å²) in [4.78, 5) is 0.256. The molecule has 0 amide bonds. The van der Waals surface area contributed by atoms with Crippen LogP contribution in [0.15, 0.2) is 17.0 Å². The summed E-state index contributed by atoms with van der Waals surface area (Å²) < 4.78 is 32.6. The van der Waals surface area contributed by atoms with Crippen molar-refractivity contribution < 1.29 is 13.2 Å². The zero-order chi connectivity index (χ0) is 15.9. The third kappa shape index (κ3) is 5.65. The number of nitrogens with two attached hydrogens (primary N) is 1. The molecule has 0 aliphatic carbocycles. The lowest BCUT2D eigenvalue weighted by atomic mass is 10.1. The summed E-state index contributed by atoms with van der Waals surface area (Å²) in [6.07, 6.45) is 2.79. The first-order valence-electron chi connectivity index (χ1n) is 7.32. The third-order valence-electron chi connectivity index (χ3n) is 3.23. The Morgan fingerprint density at radius 1 is 1.19 bits per heavy atom. The van der Waals surface area contributed by atoms with Gasteiger partial charge in [0.1, 0.15) is 0 Å². The van der Waals surface area contributed by atoms with E-state index in [4.69, 9.17) is 10.5 Å². The molecular formula is C15H26N2O3S. The molecule has 3 N–H and O–H groups in total. The van der Waals surface area contributed by atoms with Crippen LogP contribution in [0.3, 0.4) is 0 Å². The van der Waals surface area contributed by atoms with E-state index in [1.165, 1.54) is 0 Å². The Morgan fingerprint density at radius 3 is 2.52 bits per heavy atom. The Morgan fingerprint density at radius 2 is 1.86 bits per heavy atom. The fourth-order valence-corrected chi connectivity index (χ4v) is 3.37. The number of rotatable bonds is 9. The summed E-state index contributed by atoms with van der Waals surface area (Å²) in [5.74, 6) is 0. The number of hydrogen-bond donors (Lipinski definition) is 2. The van der Waals surface area contributed by atoms with E-state index in [-0.39, 0.29) is 4.90 Å². The van der Waals surface area contributed by atoms with Crippen molar-refractivity contribution in [1.82, 2.24) is 4.72 Å². The number of aryl methyl sites for hydroxylation is 1. The summed E-state index contributed by atoms with van der Waals surface area (Å²) in [6, 6.07) is 3.42. The number of nitrogens with one attached hydrogen (secondary N) is 1. The van der Waals surface area contributed by atoms with E-state index in [0.29, 0.717) is 30.8 Å². The first-order chi connectivity index (χ1) is 9.88. The van der Waals surface area contributed by atoms with Crippen molar-refractivity contribution in [2.24, 2.45) is 0 Å². The van der Waals surface area contributed by atoms with Crippen LogP contribution in [0, 0.1) is 13.8 Å². The van der Waals surface area contributed by atoms with Crippen molar-refractivity contribution in [2.45, 2.75) is 44.9 Å². The number of ether oxygens (including phenoxy) is 1. The molecule has 0 unspecified atom stereocenters. The molecule has 0 aliphatic rings. The van der Waals surface area contributed by atoms with Gasteiger partial charge < -0.3 is 10.5 Å². The van der Waals surface area contributed by atoms with Gasteiger partial charge in [-0.3, -0.25) is 0 Å². The maximum atomic E-state index is 12.3. The fourth-order valence-electron chi connectivity index (χ4n) is 1.94. The number of benzene rings is 1. The average Bonchev–Trinajstić information content (AvgIpc) is 2.41. The van der Waals surface area contributed by atoms with Crippen LogP contribution in [-0.2, 0) is 14.8 Å². The van der Waals surface area contributed by atoms with Gasteiger partial charge in [-0.25, -0.2) is 13.1 Å². The quantitative estimate of drug-likeness (QED) is 0.541. The molecule has 0 aliphatic heterocycles. The minimum absolute atomic E-state index is 0.256. The maximum absolute atomic E-state index is 12.3. The van der Waals surface area contributed by atoms with E-state index < -0.39 is 10.0 Å². The topological polar surface area (TPSA) is 81.4 Å². The first kappa shape index (κ1) is 17.9. The highest BCUT2D eigenvalue weighted by Crippen LogP contribution is 2.22. The number of anilines is 1. The van der Waals surface area contributed by atoms with Crippen molar-refractivity contribution in [1.29, 1.82) is 0 Å². The van der Waals surface area contributed by atoms with Crippen molar-refractivity contribution in [3.8, 4) is 0 Å². The summed E-state index contributed by atoms with van der Waals surface area (Å²) >= 11 is 0. The Labute approximate surface area is 127 Å². The highest BCUT2D eigenvalue weighted by Gasteiger charge is 2.18. The van der Waals surface area contributed by atoms with Gasteiger partial charge in [-0.15, -0.1) is 0 Å². The van der Waals surface area contributed by atoms with Gasteiger partial charge in [0.25, 0.3) is 0 Å². The summed E-state index contributed by atoms with van der Waals surface area (Å²) in [7, 11) is -3.52. The van der Waals surface area contributed by atoms with E-state index in [9.17, 15) is 8.42 Å². The van der Waals surface area contributed by atoms with Crippen LogP contribution < -0.4 is 10.5 Å². The van der Waals surface area contributed by atoms with Gasteiger partial charge in [0.15, 0.2) is 0 Å². The molecule has 0 bridgehead atoms. The average molecular weight is 314 g/mol. The van der Waals surface area contributed by atoms with Gasteiger partial charge in [-0.1, -0.05) is 13.3 Å². The molecule has 0 fully saturated rings. The van der Waals surface area contributed by atoms with Crippen LogP contribution in [0.2, 0.25) is 0 Å². The van der Waals surface area contributed by atoms with E-state index in [2.05, 4.69) is 11.6 Å². The second-order valence-corrected chi connectivity index (χ2v) is 6.93. The molecule has 5 nitrogen and oxygen atoms in total. The number of hydrogen-bond acceptors (Lipinski definition) is 4. The van der Waals surface area contributed by atoms with Crippen LogP contribution in [0.25, 0.3) is 0 Å². The zero-order valence-corrected chi connectivity index (χ0v) is 13.9. The van der Waals surface area contributed by atoms with Crippen molar-refractivity contribution >= 4 is 15.7 Å². The highest BCUT2D eigenvalue weighted by atomic mass is 32.2. The fraction of sp³-hybridized carbons (Fsp3) is 0.600. The van der Waals surface area contributed by atoms with Crippen LogP contribution in [0.1, 0.15) is 37.3 Å². The molecular weight excluding hydrogens is 288 g/mol. The molecule has 1 aromatic rings. The van der Waals surface area contributed by atoms with Crippen LogP contribution in [-0.4, -0.2) is 28.2 Å². The Bertz CT molecular complexity index is 556. The Balaban J connectivity index is 2.55. The molecule has 0 saturated carbocycles. The predicted molar refractivity (Wildman–Crippen MR) is 85.9 cm³/mol. The number of unbranched alkanes of at least 4 members (excludes halogenated alkanes) is 1. The van der Waals surface area contributed by atoms with E-state index in [0.717, 1.165) is 25.0 Å². The molecule has 1 aromatic carbocycles. The SMILES string of the molecule is CCCCOCCCNS(=O)(=O)c1cc(C)cc(N)c1C. The highest BCUT2D eigenvalue weighted by molar-refractivity contribution is 7.89. The van der Waals surface area contributed by atoms with Gasteiger partial charge in [-0.2, -0.15) is 0 Å². The monoisotopic (exact) mass is 314 g/mol. The Kier molecular flexibility index (Phi) is 7.14. The van der Waals surface area contributed by atoms with Crippen LogP contribution >= 0.6 is 0 Å². The van der Waals surface area contributed by atoms with Gasteiger partial charge >= 0.3 is 0 Å². The van der Waals surface area contributed by atoms with E-state index in [1.807, 2.05) is 6.92 Å². The molecule has 0 heterocycles. The predicted octanol–water partition coefficient (Wildman–Crippen LogP) is 2.37. The molecule has 0 aromatic heterocycles.